The van der Waals surface area contributed by atoms with Crippen molar-refractivity contribution in [2.24, 2.45) is 0 Å². The van der Waals surface area contributed by atoms with Gasteiger partial charge >= 0.3 is 6.18 Å². The second-order valence-electron chi connectivity index (χ2n) is 11.6. The maximum Gasteiger partial charge on any atom is 0.449 e. The molecule has 0 saturated carbocycles. The lowest BCUT2D eigenvalue weighted by Crippen LogP contribution is -2.32. The summed E-state index contributed by atoms with van der Waals surface area (Å²) in [7, 11) is -7.66. The quantitative estimate of drug-likeness (QED) is 0.173. The number of hydrogen-bond acceptors (Lipinski definition) is 5. The summed E-state index contributed by atoms with van der Waals surface area (Å²) >= 11 is 0. The maximum absolute atomic E-state index is 14.5. The number of hydrogen-bond donors (Lipinski definition) is 0. The van der Waals surface area contributed by atoms with Gasteiger partial charge in [0.15, 0.2) is 9.84 Å². The first-order valence-electron chi connectivity index (χ1n) is 14.1. The van der Waals surface area contributed by atoms with Gasteiger partial charge in [0, 0.05) is 12.8 Å². The van der Waals surface area contributed by atoms with Gasteiger partial charge in [-0.1, -0.05) is 81.8 Å². The van der Waals surface area contributed by atoms with E-state index in [1.807, 2.05) is 46.8 Å². The minimum absolute atomic E-state index is 0.138. The Hall–Kier alpha value is -3.41. The molecule has 0 aliphatic rings. The van der Waals surface area contributed by atoms with Crippen molar-refractivity contribution < 1.29 is 34.4 Å². The number of benzene rings is 3. The normalized spacial score (nSPS) is 12.9. The lowest BCUT2D eigenvalue weighted by atomic mass is 9.93. The van der Waals surface area contributed by atoms with Gasteiger partial charge in [-0.2, -0.15) is 17.5 Å². The Kier molecular flexibility index (Phi) is 9.54. The first kappa shape index (κ1) is 33.5. The zero-order valence-electron chi connectivity index (χ0n) is 25.4. The summed E-state index contributed by atoms with van der Waals surface area (Å²) in [5.74, 6) is -1.62. The summed E-state index contributed by atoms with van der Waals surface area (Å²) in [6, 6.07) is 19.1. The van der Waals surface area contributed by atoms with Crippen LogP contribution in [0, 0.1) is 6.92 Å². The van der Waals surface area contributed by atoms with Crippen LogP contribution < -0.4 is 0 Å². The maximum atomic E-state index is 14.5. The molecule has 44 heavy (non-hydrogen) atoms. The highest BCUT2D eigenvalue weighted by atomic mass is 32.2. The number of rotatable bonds is 10. The molecule has 1 aromatic heterocycles. The molecule has 236 valence electrons. The number of sulfonamides is 1. The Morgan fingerprint density at radius 3 is 1.86 bits per heavy atom. The Labute approximate surface area is 257 Å². The Bertz CT molecular complexity index is 1830. The lowest BCUT2D eigenvalue weighted by molar-refractivity contribution is -0.153. The smallest absolute Gasteiger partial charge is 0.449 e. The molecule has 0 atom stereocenters. The van der Waals surface area contributed by atoms with Crippen LogP contribution in [0.15, 0.2) is 87.0 Å². The third-order valence-electron chi connectivity index (χ3n) is 7.31. The SMILES string of the molecule is Cc1cc(C(C)C)c(S(=O)(=O)N(Cc2ccc(-c3cccc(S(C)(=O)=O)c3)cc2)Cc2ccc(C(F)(F)F)o2)c(C(C)C)c1. The van der Waals surface area contributed by atoms with Crippen molar-refractivity contribution in [1.82, 2.24) is 4.31 Å². The monoisotopic (exact) mass is 647 g/mol. The molecular weight excluding hydrogens is 611 g/mol. The average molecular weight is 648 g/mol. The molecule has 0 aliphatic heterocycles. The van der Waals surface area contributed by atoms with Crippen molar-refractivity contribution >= 4 is 19.9 Å². The van der Waals surface area contributed by atoms with Crippen molar-refractivity contribution in [3.63, 3.8) is 0 Å². The fourth-order valence-corrected chi connectivity index (χ4v) is 7.77. The van der Waals surface area contributed by atoms with Crippen LogP contribution in [0.3, 0.4) is 0 Å². The van der Waals surface area contributed by atoms with E-state index in [0.29, 0.717) is 22.3 Å². The second kappa shape index (κ2) is 12.5. The molecule has 4 aromatic rings. The standard InChI is InChI=1S/C33H36F3NO5S2/c1-21(2)29-16-23(5)17-30(22(3)4)32(29)44(40,41)37(20-27-14-15-31(42-27)33(34,35)36)19-24-10-12-25(13-11-24)26-8-7-9-28(18-26)43(6,38)39/h7-18,21-22H,19-20H2,1-6H3. The first-order valence-corrected chi connectivity index (χ1v) is 17.4. The molecule has 0 saturated heterocycles. The van der Waals surface area contributed by atoms with Gasteiger partial charge in [-0.15, -0.1) is 0 Å². The molecular formula is C33H36F3NO5S2. The zero-order valence-corrected chi connectivity index (χ0v) is 27.1. The van der Waals surface area contributed by atoms with Crippen LogP contribution in [-0.4, -0.2) is 27.4 Å². The summed E-state index contributed by atoms with van der Waals surface area (Å²) in [4.78, 5) is 0.331. The molecule has 0 aliphatic carbocycles. The average Bonchev–Trinajstić information content (AvgIpc) is 3.41. The number of aryl methyl sites for hydroxylation is 1. The highest BCUT2D eigenvalue weighted by Crippen LogP contribution is 2.37. The number of alkyl halides is 3. The van der Waals surface area contributed by atoms with Crippen molar-refractivity contribution in [2.45, 2.75) is 75.5 Å². The van der Waals surface area contributed by atoms with Crippen LogP contribution in [0.2, 0.25) is 0 Å². The van der Waals surface area contributed by atoms with Crippen LogP contribution in [-0.2, 0) is 39.1 Å². The molecule has 6 nitrogen and oxygen atoms in total. The predicted octanol–water partition coefficient (Wildman–Crippen LogP) is 8.32. The van der Waals surface area contributed by atoms with Gasteiger partial charge in [0.25, 0.3) is 0 Å². The van der Waals surface area contributed by atoms with Crippen molar-refractivity contribution in [1.29, 1.82) is 0 Å². The topological polar surface area (TPSA) is 84.7 Å². The van der Waals surface area contributed by atoms with Crippen LogP contribution >= 0.6 is 0 Å². The summed E-state index contributed by atoms with van der Waals surface area (Å²) in [5.41, 5.74) is 4.16. The van der Waals surface area contributed by atoms with Gasteiger partial charge < -0.3 is 4.42 Å². The van der Waals surface area contributed by atoms with Crippen molar-refractivity contribution in [2.75, 3.05) is 6.26 Å². The van der Waals surface area contributed by atoms with Crippen LogP contribution in [0.4, 0.5) is 13.2 Å². The van der Waals surface area contributed by atoms with Gasteiger partial charge in [-0.05, 0) is 70.8 Å². The predicted molar refractivity (Wildman–Crippen MR) is 164 cm³/mol. The summed E-state index contributed by atoms with van der Waals surface area (Å²) < 4.78 is 99.3. The van der Waals surface area contributed by atoms with Crippen molar-refractivity contribution in [3.05, 3.63) is 107 Å². The molecule has 0 amide bonds. The van der Waals surface area contributed by atoms with E-state index in [4.69, 9.17) is 4.42 Å². The zero-order chi connectivity index (χ0) is 32.6. The molecule has 4 rings (SSSR count). The third kappa shape index (κ3) is 7.44. The number of sulfone groups is 1. The molecule has 0 unspecified atom stereocenters. The Morgan fingerprint density at radius 2 is 1.36 bits per heavy atom. The number of nitrogens with zero attached hydrogens (tertiary/aromatic N) is 1. The van der Waals surface area contributed by atoms with Crippen molar-refractivity contribution in [3.8, 4) is 11.1 Å². The molecule has 1 heterocycles. The Morgan fingerprint density at radius 1 is 0.773 bits per heavy atom. The fraction of sp³-hybridized carbons (Fsp3) is 0.333. The van der Waals surface area contributed by atoms with Crippen LogP contribution in [0.1, 0.15) is 73.3 Å². The summed E-state index contributed by atoms with van der Waals surface area (Å²) in [5, 5.41) is 0. The molecule has 0 radical (unpaired) electrons. The number of furan rings is 1. The molecule has 11 heteroatoms. The third-order valence-corrected chi connectivity index (χ3v) is 10.3. The van der Waals surface area contributed by atoms with E-state index < -0.39 is 38.3 Å². The minimum Gasteiger partial charge on any atom is -0.455 e. The molecule has 0 bridgehead atoms. The van der Waals surface area contributed by atoms with E-state index in [1.165, 1.54) is 6.07 Å². The van der Waals surface area contributed by atoms with E-state index in [2.05, 4.69) is 0 Å². The minimum atomic E-state index is -4.71. The largest absolute Gasteiger partial charge is 0.455 e. The van der Waals surface area contributed by atoms with E-state index >= 15 is 0 Å². The highest BCUT2D eigenvalue weighted by molar-refractivity contribution is 7.90. The number of halogens is 3. The lowest BCUT2D eigenvalue weighted by Gasteiger charge is -2.27. The van der Waals surface area contributed by atoms with E-state index in [9.17, 15) is 30.0 Å². The second-order valence-corrected chi connectivity index (χ2v) is 15.5. The first-order chi connectivity index (χ1) is 20.4. The van der Waals surface area contributed by atoms with E-state index in [0.717, 1.165) is 33.8 Å². The van der Waals surface area contributed by atoms with Crippen LogP contribution in [0.25, 0.3) is 11.1 Å². The van der Waals surface area contributed by atoms with E-state index in [-0.39, 0.29) is 33.9 Å². The van der Waals surface area contributed by atoms with Crippen LogP contribution in [0.5, 0.6) is 0 Å². The van der Waals surface area contributed by atoms with Gasteiger partial charge in [0.05, 0.1) is 16.3 Å². The van der Waals surface area contributed by atoms with Gasteiger partial charge in [0.2, 0.25) is 15.8 Å². The molecule has 3 aromatic carbocycles. The van der Waals surface area contributed by atoms with E-state index in [1.54, 1.807) is 42.5 Å². The fourth-order valence-electron chi connectivity index (χ4n) is 5.04. The highest BCUT2D eigenvalue weighted by Gasteiger charge is 2.36. The molecule has 0 N–H and O–H groups in total. The molecule has 0 spiro atoms. The summed E-state index contributed by atoms with van der Waals surface area (Å²) in [6.07, 6.45) is -3.58. The van der Waals surface area contributed by atoms with Gasteiger partial charge in [0.1, 0.15) is 5.76 Å². The summed E-state index contributed by atoms with van der Waals surface area (Å²) in [6.45, 7) is 8.96. The van der Waals surface area contributed by atoms with Gasteiger partial charge in [-0.3, -0.25) is 0 Å². The molecule has 0 fully saturated rings. The van der Waals surface area contributed by atoms with Gasteiger partial charge in [-0.25, -0.2) is 16.8 Å². The Balaban J connectivity index is 1.79.